The largest absolute Gasteiger partial charge is 0.478 e. The molecule has 2 rings (SSSR count). The number of carbonyl (C=O) groups is 3. The third-order valence-electron chi connectivity index (χ3n) is 3.33. The molecule has 0 aromatic heterocycles. The van der Waals surface area contributed by atoms with E-state index in [1.54, 1.807) is 42.5 Å². The van der Waals surface area contributed by atoms with E-state index in [-0.39, 0.29) is 5.56 Å². The number of hydrogen-bond donors (Lipinski definition) is 3. The number of carbonyl (C=O) groups excluding carboxylic acids is 2. The van der Waals surface area contributed by atoms with Crippen molar-refractivity contribution in [3.8, 4) is 0 Å². The highest BCUT2D eigenvalue weighted by molar-refractivity contribution is 5.96. The normalized spacial score (nSPS) is 11.0. The van der Waals surface area contributed by atoms with Gasteiger partial charge in [-0.15, -0.1) is 0 Å². The highest BCUT2D eigenvalue weighted by atomic mass is 16.4. The van der Waals surface area contributed by atoms with E-state index in [9.17, 15) is 14.4 Å². The van der Waals surface area contributed by atoms with Gasteiger partial charge in [0.25, 0.3) is 5.91 Å². The maximum atomic E-state index is 12.0. The van der Waals surface area contributed by atoms with Crippen LogP contribution in [0, 0.1) is 0 Å². The average Bonchev–Trinajstić information content (AvgIpc) is 2.66. The molecule has 2 aromatic rings. The van der Waals surface area contributed by atoms with Crippen molar-refractivity contribution in [3.63, 3.8) is 0 Å². The summed E-state index contributed by atoms with van der Waals surface area (Å²) in [5.74, 6) is -1.83. The molecular weight excluding hydrogens is 336 g/mol. The second-order valence-electron chi connectivity index (χ2n) is 5.21. The van der Waals surface area contributed by atoms with Crippen LogP contribution < -0.4 is 5.43 Å². The number of nitrogens with zero attached hydrogens (tertiary/aromatic N) is 1. The lowest BCUT2D eigenvalue weighted by molar-refractivity contribution is -0.117. The van der Waals surface area contributed by atoms with E-state index < -0.39 is 24.3 Å². The number of aliphatic hydroxyl groups is 1. The topological polar surface area (TPSA) is 116 Å². The van der Waals surface area contributed by atoms with Crippen molar-refractivity contribution in [1.29, 1.82) is 0 Å². The molecule has 0 saturated heterocycles. The second kappa shape index (κ2) is 9.05. The number of hydrogen-bond acceptors (Lipinski definition) is 5. The molecule has 3 N–H and O–H groups in total. The number of benzene rings is 2. The lowest BCUT2D eigenvalue weighted by Crippen LogP contribution is -2.17. The van der Waals surface area contributed by atoms with Crippen molar-refractivity contribution < 1.29 is 24.6 Å². The summed E-state index contributed by atoms with van der Waals surface area (Å²) >= 11 is 0. The van der Waals surface area contributed by atoms with E-state index in [0.29, 0.717) is 16.7 Å². The third-order valence-corrected chi connectivity index (χ3v) is 3.33. The van der Waals surface area contributed by atoms with Crippen LogP contribution in [0.15, 0.2) is 59.7 Å². The molecule has 0 aliphatic rings. The van der Waals surface area contributed by atoms with Gasteiger partial charge in [-0.1, -0.05) is 30.3 Å². The molecule has 26 heavy (non-hydrogen) atoms. The molecule has 1 amide bonds. The van der Waals surface area contributed by atoms with E-state index in [1.807, 2.05) is 0 Å². The summed E-state index contributed by atoms with van der Waals surface area (Å²) in [5, 5.41) is 21.3. The molecule has 0 heterocycles. The molecule has 0 saturated carbocycles. The van der Waals surface area contributed by atoms with Gasteiger partial charge in [-0.25, -0.2) is 10.2 Å². The van der Waals surface area contributed by atoms with Crippen LogP contribution in [0.2, 0.25) is 0 Å². The summed E-state index contributed by atoms with van der Waals surface area (Å²) < 4.78 is 0. The fourth-order valence-corrected chi connectivity index (χ4v) is 1.93. The summed E-state index contributed by atoms with van der Waals surface area (Å²) in [6.45, 7) is -0.548. The minimum atomic E-state index is -1.01. The SMILES string of the molecule is O=C(/C=C/c1ccc(C(=O)N/N=C/c2ccc(C(=O)O)cc2)cc1)CO. The van der Waals surface area contributed by atoms with Gasteiger partial charge in [-0.05, 0) is 41.5 Å². The minimum Gasteiger partial charge on any atom is -0.478 e. The fraction of sp³-hybridized carbons (Fsp3) is 0.0526. The third kappa shape index (κ3) is 5.50. The van der Waals surface area contributed by atoms with Gasteiger partial charge in [0.05, 0.1) is 11.8 Å². The molecule has 0 bridgehead atoms. The number of nitrogens with one attached hydrogen (secondary N) is 1. The molecule has 132 valence electrons. The first-order valence-corrected chi connectivity index (χ1v) is 7.58. The van der Waals surface area contributed by atoms with Gasteiger partial charge in [0.1, 0.15) is 6.61 Å². The zero-order valence-electron chi connectivity index (χ0n) is 13.6. The van der Waals surface area contributed by atoms with Gasteiger partial charge >= 0.3 is 5.97 Å². The highest BCUT2D eigenvalue weighted by Gasteiger charge is 2.04. The predicted molar refractivity (Wildman–Crippen MR) is 96.0 cm³/mol. The number of aliphatic hydroxyl groups excluding tert-OH is 1. The highest BCUT2D eigenvalue weighted by Crippen LogP contribution is 2.07. The average molecular weight is 352 g/mol. The lowest BCUT2D eigenvalue weighted by atomic mass is 10.1. The van der Waals surface area contributed by atoms with Crippen molar-refractivity contribution in [2.75, 3.05) is 6.61 Å². The van der Waals surface area contributed by atoms with Gasteiger partial charge in [0.2, 0.25) is 0 Å². The Labute approximate surface area is 149 Å². The van der Waals surface area contributed by atoms with Crippen LogP contribution in [0.5, 0.6) is 0 Å². The van der Waals surface area contributed by atoms with E-state index in [0.717, 1.165) is 0 Å². The zero-order chi connectivity index (χ0) is 18.9. The van der Waals surface area contributed by atoms with Gasteiger partial charge in [-0.3, -0.25) is 9.59 Å². The summed E-state index contributed by atoms with van der Waals surface area (Å²) in [7, 11) is 0. The number of carboxylic acid groups (broad SMARTS) is 1. The Morgan fingerprint density at radius 2 is 1.50 bits per heavy atom. The molecule has 0 aliphatic heterocycles. The maximum absolute atomic E-state index is 12.0. The molecule has 0 radical (unpaired) electrons. The molecule has 0 fully saturated rings. The van der Waals surface area contributed by atoms with Gasteiger partial charge in [0, 0.05) is 5.56 Å². The Balaban J connectivity index is 1.93. The number of carboxylic acids is 1. The molecular formula is C19H16N2O5. The maximum Gasteiger partial charge on any atom is 0.335 e. The molecule has 0 aliphatic carbocycles. The molecule has 0 unspecified atom stereocenters. The summed E-state index contributed by atoms with van der Waals surface area (Å²) in [6.07, 6.45) is 4.20. The van der Waals surface area contributed by atoms with Crippen LogP contribution >= 0.6 is 0 Å². The fourth-order valence-electron chi connectivity index (χ4n) is 1.93. The molecule has 2 aromatic carbocycles. The number of aromatic carboxylic acids is 1. The van der Waals surface area contributed by atoms with Crippen molar-refractivity contribution in [2.24, 2.45) is 5.10 Å². The quantitative estimate of drug-likeness (QED) is 0.399. The zero-order valence-corrected chi connectivity index (χ0v) is 13.6. The van der Waals surface area contributed by atoms with Crippen LogP contribution in [-0.2, 0) is 4.79 Å². The van der Waals surface area contributed by atoms with E-state index >= 15 is 0 Å². The number of amides is 1. The van der Waals surface area contributed by atoms with E-state index in [4.69, 9.17) is 10.2 Å². The van der Waals surface area contributed by atoms with Crippen molar-refractivity contribution in [1.82, 2.24) is 5.43 Å². The lowest BCUT2D eigenvalue weighted by Gasteiger charge is -2.01. The first kappa shape index (κ1) is 18.8. The number of rotatable bonds is 7. The Morgan fingerprint density at radius 1 is 0.923 bits per heavy atom. The first-order valence-electron chi connectivity index (χ1n) is 7.58. The summed E-state index contributed by atoms with van der Waals surface area (Å²) in [5.41, 5.74) is 4.28. The van der Waals surface area contributed by atoms with Crippen LogP contribution in [0.1, 0.15) is 31.8 Å². The number of ketones is 1. The van der Waals surface area contributed by atoms with E-state index in [2.05, 4.69) is 10.5 Å². The smallest absolute Gasteiger partial charge is 0.335 e. The Bertz CT molecular complexity index is 853. The molecule has 7 heteroatoms. The van der Waals surface area contributed by atoms with Crippen LogP contribution in [0.4, 0.5) is 0 Å². The standard InChI is InChI=1S/C19H16N2O5/c22-12-17(23)10-5-13-1-6-15(7-2-13)18(24)21-20-11-14-3-8-16(9-4-14)19(25)26/h1-11,22H,12H2,(H,21,24)(H,25,26)/b10-5+,20-11+. The summed E-state index contributed by atoms with van der Waals surface area (Å²) in [4.78, 5) is 33.8. The van der Waals surface area contributed by atoms with Crippen molar-refractivity contribution >= 4 is 30.0 Å². The number of hydrazone groups is 1. The Hall–Kier alpha value is -3.58. The second-order valence-corrected chi connectivity index (χ2v) is 5.21. The molecule has 7 nitrogen and oxygen atoms in total. The Kier molecular flexibility index (Phi) is 6.53. The Morgan fingerprint density at radius 3 is 2.08 bits per heavy atom. The minimum absolute atomic E-state index is 0.168. The van der Waals surface area contributed by atoms with Gasteiger partial charge in [-0.2, -0.15) is 5.10 Å². The van der Waals surface area contributed by atoms with Gasteiger partial charge < -0.3 is 10.2 Å². The molecule has 0 spiro atoms. The molecule has 0 atom stereocenters. The van der Waals surface area contributed by atoms with Crippen LogP contribution in [0.3, 0.4) is 0 Å². The van der Waals surface area contributed by atoms with Gasteiger partial charge in [0.15, 0.2) is 5.78 Å². The summed E-state index contributed by atoms with van der Waals surface area (Å²) in [6, 6.07) is 12.5. The van der Waals surface area contributed by atoms with Crippen molar-refractivity contribution in [2.45, 2.75) is 0 Å². The predicted octanol–water partition coefficient (Wildman–Crippen LogP) is 1.72. The van der Waals surface area contributed by atoms with Crippen molar-refractivity contribution in [3.05, 3.63) is 76.9 Å². The monoisotopic (exact) mass is 352 g/mol. The van der Waals surface area contributed by atoms with Crippen LogP contribution in [0.25, 0.3) is 6.08 Å². The van der Waals surface area contributed by atoms with E-state index in [1.165, 1.54) is 24.4 Å². The first-order chi connectivity index (χ1) is 12.5. The van der Waals surface area contributed by atoms with Crippen LogP contribution in [-0.4, -0.2) is 40.7 Å².